The molecule has 1 aliphatic heterocycles. The number of fused-ring (bicyclic) bond motifs is 1. The van der Waals surface area contributed by atoms with Crippen molar-refractivity contribution in [2.24, 2.45) is 5.16 Å². The molecule has 3 rings (SSSR count). The molecule has 4 heteroatoms. The highest BCUT2D eigenvalue weighted by molar-refractivity contribution is 5.93. The van der Waals surface area contributed by atoms with Gasteiger partial charge in [0.15, 0.2) is 17.6 Å². The van der Waals surface area contributed by atoms with Crippen molar-refractivity contribution in [1.82, 2.24) is 0 Å². The van der Waals surface area contributed by atoms with Crippen molar-refractivity contribution in [1.29, 1.82) is 0 Å². The molecular formula is C16H15NO3. The van der Waals surface area contributed by atoms with E-state index in [2.05, 4.69) is 5.16 Å². The number of methoxy groups -OCH3 is 1. The smallest absolute Gasteiger partial charge is 0.166 e. The first-order valence-corrected chi connectivity index (χ1v) is 6.41. The zero-order chi connectivity index (χ0) is 13.9. The number of hydrogen-bond donors (Lipinski definition) is 1. The van der Waals surface area contributed by atoms with Crippen molar-refractivity contribution in [3.63, 3.8) is 0 Å². The Morgan fingerprint density at radius 3 is 2.65 bits per heavy atom. The van der Waals surface area contributed by atoms with Crippen LogP contribution in [0.3, 0.4) is 0 Å². The molecule has 0 aliphatic carbocycles. The number of para-hydroxylation sites is 1. The van der Waals surface area contributed by atoms with Crippen molar-refractivity contribution < 1.29 is 14.7 Å². The number of oxime groups is 1. The van der Waals surface area contributed by atoms with Crippen LogP contribution in [0.5, 0.6) is 11.5 Å². The van der Waals surface area contributed by atoms with Crippen molar-refractivity contribution in [2.45, 2.75) is 12.5 Å². The highest BCUT2D eigenvalue weighted by Gasteiger charge is 2.29. The van der Waals surface area contributed by atoms with E-state index in [1.165, 1.54) is 0 Å². The molecule has 0 fully saturated rings. The lowest BCUT2D eigenvalue weighted by atomic mass is 9.95. The number of ether oxygens (including phenoxy) is 2. The Labute approximate surface area is 117 Å². The zero-order valence-corrected chi connectivity index (χ0v) is 11.1. The highest BCUT2D eigenvalue weighted by Crippen LogP contribution is 2.39. The predicted octanol–water partition coefficient (Wildman–Crippen LogP) is 3.20. The molecule has 4 nitrogen and oxygen atoms in total. The lowest BCUT2D eigenvalue weighted by molar-refractivity contribution is 0.232. The van der Waals surface area contributed by atoms with E-state index in [0.29, 0.717) is 17.9 Å². The predicted molar refractivity (Wildman–Crippen MR) is 75.7 cm³/mol. The highest BCUT2D eigenvalue weighted by atomic mass is 16.5. The summed E-state index contributed by atoms with van der Waals surface area (Å²) in [5, 5.41) is 12.7. The SMILES string of the molecule is COc1cccc2c1OC(c1ccccc1)/C(=N/O)C2. The van der Waals surface area contributed by atoms with Gasteiger partial charge in [-0.05, 0) is 11.6 Å². The average Bonchev–Trinajstić information content (AvgIpc) is 2.53. The van der Waals surface area contributed by atoms with E-state index in [1.54, 1.807) is 7.11 Å². The fourth-order valence-electron chi connectivity index (χ4n) is 2.44. The molecule has 1 aliphatic rings. The van der Waals surface area contributed by atoms with Crippen LogP contribution < -0.4 is 9.47 Å². The molecule has 0 bridgehead atoms. The Morgan fingerprint density at radius 2 is 1.95 bits per heavy atom. The minimum Gasteiger partial charge on any atom is -0.493 e. The van der Waals surface area contributed by atoms with Gasteiger partial charge >= 0.3 is 0 Å². The molecule has 0 radical (unpaired) electrons. The zero-order valence-electron chi connectivity index (χ0n) is 11.1. The van der Waals surface area contributed by atoms with Gasteiger partial charge in [-0.1, -0.05) is 47.6 Å². The second-order valence-corrected chi connectivity index (χ2v) is 4.63. The van der Waals surface area contributed by atoms with Crippen molar-refractivity contribution in [3.8, 4) is 11.5 Å². The quantitative estimate of drug-likeness (QED) is 0.672. The summed E-state index contributed by atoms with van der Waals surface area (Å²) in [5.74, 6) is 1.41. The van der Waals surface area contributed by atoms with Gasteiger partial charge in [0.1, 0.15) is 5.71 Å². The minimum absolute atomic E-state index is 0.384. The Balaban J connectivity index is 2.05. The van der Waals surface area contributed by atoms with Crippen LogP contribution in [0, 0.1) is 0 Å². The molecule has 0 saturated heterocycles. The van der Waals surface area contributed by atoms with Gasteiger partial charge in [0.05, 0.1) is 7.11 Å². The molecule has 0 spiro atoms. The van der Waals surface area contributed by atoms with Crippen LogP contribution in [0.1, 0.15) is 17.2 Å². The molecule has 102 valence electrons. The number of rotatable bonds is 2. The van der Waals surface area contributed by atoms with Crippen molar-refractivity contribution in [2.75, 3.05) is 7.11 Å². The summed E-state index contributed by atoms with van der Waals surface area (Å²) < 4.78 is 11.4. The fraction of sp³-hybridized carbons (Fsp3) is 0.188. The van der Waals surface area contributed by atoms with E-state index in [0.717, 1.165) is 16.9 Å². The monoisotopic (exact) mass is 269 g/mol. The molecule has 2 aromatic rings. The van der Waals surface area contributed by atoms with Crippen LogP contribution in [-0.2, 0) is 6.42 Å². The summed E-state index contributed by atoms with van der Waals surface area (Å²) in [6.07, 6.45) is 0.160. The summed E-state index contributed by atoms with van der Waals surface area (Å²) in [6, 6.07) is 15.4. The van der Waals surface area contributed by atoms with Gasteiger partial charge in [0.2, 0.25) is 0 Å². The largest absolute Gasteiger partial charge is 0.493 e. The average molecular weight is 269 g/mol. The second kappa shape index (κ2) is 5.25. The minimum atomic E-state index is -0.384. The summed E-state index contributed by atoms with van der Waals surface area (Å²) >= 11 is 0. The van der Waals surface area contributed by atoms with E-state index in [4.69, 9.17) is 9.47 Å². The first-order valence-electron chi connectivity index (χ1n) is 6.41. The van der Waals surface area contributed by atoms with Crippen LogP contribution >= 0.6 is 0 Å². The molecule has 1 N–H and O–H groups in total. The Morgan fingerprint density at radius 1 is 1.15 bits per heavy atom. The van der Waals surface area contributed by atoms with Gasteiger partial charge in [-0.15, -0.1) is 0 Å². The maximum Gasteiger partial charge on any atom is 0.166 e. The maximum absolute atomic E-state index is 9.25. The van der Waals surface area contributed by atoms with E-state index < -0.39 is 0 Å². The summed E-state index contributed by atoms with van der Waals surface area (Å²) in [6.45, 7) is 0. The van der Waals surface area contributed by atoms with Crippen LogP contribution in [-0.4, -0.2) is 18.0 Å². The molecule has 1 heterocycles. The second-order valence-electron chi connectivity index (χ2n) is 4.63. The standard InChI is InChI=1S/C16H15NO3/c1-19-14-9-5-8-12-10-13(17-18)15(20-16(12)14)11-6-3-2-4-7-11/h2-9,15,18H,10H2,1H3/b17-13+. The van der Waals surface area contributed by atoms with Crippen molar-refractivity contribution in [3.05, 3.63) is 59.7 Å². The molecule has 2 aromatic carbocycles. The summed E-state index contributed by atoms with van der Waals surface area (Å²) in [5.41, 5.74) is 2.51. The van der Waals surface area contributed by atoms with Gasteiger partial charge in [-0.3, -0.25) is 0 Å². The molecule has 1 atom stereocenters. The van der Waals surface area contributed by atoms with Gasteiger partial charge in [0, 0.05) is 12.0 Å². The molecule has 1 unspecified atom stereocenters. The normalized spacial score (nSPS) is 19.2. The number of nitrogens with zero attached hydrogens (tertiary/aromatic N) is 1. The van der Waals surface area contributed by atoms with Crippen LogP contribution in [0.25, 0.3) is 0 Å². The van der Waals surface area contributed by atoms with Gasteiger partial charge < -0.3 is 14.7 Å². The molecular weight excluding hydrogens is 254 g/mol. The van der Waals surface area contributed by atoms with Crippen LogP contribution in [0.2, 0.25) is 0 Å². The van der Waals surface area contributed by atoms with E-state index in [-0.39, 0.29) is 6.10 Å². The third-order valence-corrected chi connectivity index (χ3v) is 3.42. The maximum atomic E-state index is 9.25. The molecule has 0 saturated carbocycles. The molecule has 20 heavy (non-hydrogen) atoms. The van der Waals surface area contributed by atoms with Crippen LogP contribution in [0.15, 0.2) is 53.7 Å². The van der Waals surface area contributed by atoms with Crippen molar-refractivity contribution >= 4 is 5.71 Å². The Kier molecular flexibility index (Phi) is 3.29. The summed E-state index contributed by atoms with van der Waals surface area (Å²) in [4.78, 5) is 0. The summed E-state index contributed by atoms with van der Waals surface area (Å²) in [7, 11) is 1.62. The topological polar surface area (TPSA) is 51.0 Å². The van der Waals surface area contributed by atoms with E-state index >= 15 is 0 Å². The van der Waals surface area contributed by atoms with Gasteiger partial charge in [-0.2, -0.15) is 0 Å². The third kappa shape index (κ3) is 2.09. The molecule has 0 amide bonds. The van der Waals surface area contributed by atoms with E-state index in [1.807, 2.05) is 48.5 Å². The Hall–Kier alpha value is -2.49. The fourth-order valence-corrected chi connectivity index (χ4v) is 2.44. The van der Waals surface area contributed by atoms with Crippen LogP contribution in [0.4, 0.5) is 0 Å². The third-order valence-electron chi connectivity index (χ3n) is 3.42. The number of hydrogen-bond acceptors (Lipinski definition) is 4. The lowest BCUT2D eigenvalue weighted by Crippen LogP contribution is -2.26. The first-order chi connectivity index (χ1) is 9.83. The van der Waals surface area contributed by atoms with E-state index in [9.17, 15) is 5.21 Å². The first kappa shape index (κ1) is 12.5. The Bertz CT molecular complexity index is 637. The lowest BCUT2D eigenvalue weighted by Gasteiger charge is -2.28. The van der Waals surface area contributed by atoms with Gasteiger partial charge in [0.25, 0.3) is 0 Å². The number of benzene rings is 2. The van der Waals surface area contributed by atoms with Gasteiger partial charge in [-0.25, -0.2) is 0 Å². The molecule has 0 aromatic heterocycles.